The Balaban J connectivity index is 1.99. The SMILES string of the molecule is CC1=NN(c2c(Cl)cc(Cl)cc2Cl)C(=O)C1=Cc1ccc([N+](=O)[O-])o1. The van der Waals surface area contributed by atoms with Gasteiger partial charge in [0.25, 0.3) is 5.91 Å². The van der Waals surface area contributed by atoms with Crippen molar-refractivity contribution in [2.24, 2.45) is 5.10 Å². The number of hydrogen-bond donors (Lipinski definition) is 0. The number of nitrogens with zero attached hydrogens (tertiary/aromatic N) is 3. The Hall–Kier alpha value is -2.35. The summed E-state index contributed by atoms with van der Waals surface area (Å²) in [6.45, 7) is 1.61. The number of halogens is 3. The quantitative estimate of drug-likeness (QED) is 0.414. The molecule has 128 valence electrons. The lowest BCUT2D eigenvalue weighted by atomic mass is 10.1. The molecule has 3 rings (SSSR count). The molecule has 0 saturated carbocycles. The van der Waals surface area contributed by atoms with Crippen molar-refractivity contribution in [3.05, 3.63) is 60.8 Å². The summed E-state index contributed by atoms with van der Waals surface area (Å²) in [6, 6.07) is 5.47. The Labute approximate surface area is 156 Å². The van der Waals surface area contributed by atoms with Crippen LogP contribution in [0.2, 0.25) is 15.1 Å². The Morgan fingerprint density at radius 3 is 2.44 bits per heavy atom. The van der Waals surface area contributed by atoms with Crippen molar-refractivity contribution in [3.8, 4) is 0 Å². The highest BCUT2D eigenvalue weighted by atomic mass is 35.5. The second-order valence-corrected chi connectivity index (χ2v) is 6.26. The lowest BCUT2D eigenvalue weighted by Gasteiger charge is -2.15. The summed E-state index contributed by atoms with van der Waals surface area (Å²) < 4.78 is 5.04. The number of carbonyl (C=O) groups is 1. The van der Waals surface area contributed by atoms with Crippen molar-refractivity contribution in [3.63, 3.8) is 0 Å². The van der Waals surface area contributed by atoms with E-state index >= 15 is 0 Å². The fraction of sp³-hybridized carbons (Fsp3) is 0.0667. The molecule has 0 unspecified atom stereocenters. The van der Waals surface area contributed by atoms with Crippen LogP contribution in [0.25, 0.3) is 6.08 Å². The molecule has 1 aliphatic rings. The molecule has 0 radical (unpaired) electrons. The normalized spacial score (nSPS) is 15.8. The molecular formula is C15H8Cl3N3O4. The lowest BCUT2D eigenvalue weighted by molar-refractivity contribution is -0.402. The van der Waals surface area contributed by atoms with Gasteiger partial charge in [0.05, 0.1) is 27.4 Å². The maximum Gasteiger partial charge on any atom is 0.433 e. The Bertz CT molecular complexity index is 942. The van der Waals surface area contributed by atoms with Gasteiger partial charge in [-0.2, -0.15) is 10.1 Å². The Kier molecular flexibility index (Phi) is 4.55. The Morgan fingerprint density at radius 2 is 1.88 bits per heavy atom. The van der Waals surface area contributed by atoms with Gasteiger partial charge in [0.1, 0.15) is 16.4 Å². The summed E-state index contributed by atoms with van der Waals surface area (Å²) in [4.78, 5) is 22.7. The molecule has 0 spiro atoms. The first kappa shape index (κ1) is 17.5. The van der Waals surface area contributed by atoms with Crippen LogP contribution >= 0.6 is 34.8 Å². The zero-order valence-electron chi connectivity index (χ0n) is 12.5. The van der Waals surface area contributed by atoms with Crippen molar-refractivity contribution in [2.45, 2.75) is 6.92 Å². The molecule has 1 aromatic heterocycles. The van der Waals surface area contributed by atoms with Crippen LogP contribution in [0.3, 0.4) is 0 Å². The first-order valence-corrected chi connectivity index (χ1v) is 7.92. The summed E-state index contributed by atoms with van der Waals surface area (Å²) in [6.07, 6.45) is 1.37. The number of furan rings is 1. The van der Waals surface area contributed by atoms with Gasteiger partial charge in [-0.05, 0) is 31.2 Å². The summed E-state index contributed by atoms with van der Waals surface area (Å²) in [5.74, 6) is -0.769. The predicted molar refractivity (Wildman–Crippen MR) is 95.4 cm³/mol. The van der Waals surface area contributed by atoms with Crippen LogP contribution < -0.4 is 5.01 Å². The van der Waals surface area contributed by atoms with E-state index in [1.54, 1.807) is 6.92 Å². The molecule has 0 fully saturated rings. The monoisotopic (exact) mass is 399 g/mol. The highest BCUT2D eigenvalue weighted by molar-refractivity contribution is 6.44. The minimum Gasteiger partial charge on any atom is -0.401 e. The van der Waals surface area contributed by atoms with Crippen molar-refractivity contribution < 1.29 is 14.1 Å². The van der Waals surface area contributed by atoms with E-state index in [2.05, 4.69) is 5.10 Å². The van der Waals surface area contributed by atoms with Gasteiger partial charge in [-0.3, -0.25) is 14.9 Å². The van der Waals surface area contributed by atoms with Gasteiger partial charge in [0, 0.05) is 5.02 Å². The molecule has 0 aliphatic carbocycles. The number of benzene rings is 1. The van der Waals surface area contributed by atoms with Crippen LogP contribution in [-0.4, -0.2) is 16.5 Å². The van der Waals surface area contributed by atoms with E-state index in [1.807, 2.05) is 0 Å². The average Bonchev–Trinajstić information content (AvgIpc) is 3.08. The third-order valence-electron chi connectivity index (χ3n) is 3.34. The summed E-state index contributed by atoms with van der Waals surface area (Å²) in [5, 5.41) is 16.5. The molecule has 1 aromatic carbocycles. The third-order valence-corrected chi connectivity index (χ3v) is 4.13. The first-order chi connectivity index (χ1) is 11.8. The summed E-state index contributed by atoms with van der Waals surface area (Å²) in [7, 11) is 0. The average molecular weight is 401 g/mol. The number of hydrogen-bond acceptors (Lipinski definition) is 5. The molecule has 0 saturated heterocycles. The van der Waals surface area contributed by atoms with E-state index in [0.29, 0.717) is 10.7 Å². The van der Waals surface area contributed by atoms with Gasteiger partial charge >= 0.3 is 5.88 Å². The molecule has 0 N–H and O–H groups in total. The Morgan fingerprint density at radius 1 is 1.24 bits per heavy atom. The standard InChI is InChI=1S/C15H8Cl3N3O4/c1-7-10(6-9-2-3-13(25-9)21(23)24)15(22)20(19-7)14-11(17)4-8(16)5-12(14)18/h2-6H,1H3. The zero-order valence-corrected chi connectivity index (χ0v) is 14.8. The second kappa shape index (κ2) is 6.51. The van der Waals surface area contributed by atoms with Crippen molar-refractivity contribution in [2.75, 3.05) is 5.01 Å². The van der Waals surface area contributed by atoms with Crippen molar-refractivity contribution >= 4 is 64.1 Å². The highest BCUT2D eigenvalue weighted by Crippen LogP contribution is 2.39. The molecule has 0 bridgehead atoms. The maximum absolute atomic E-state index is 12.7. The molecule has 25 heavy (non-hydrogen) atoms. The topological polar surface area (TPSA) is 89.0 Å². The highest BCUT2D eigenvalue weighted by Gasteiger charge is 2.32. The first-order valence-electron chi connectivity index (χ1n) is 6.78. The fourth-order valence-corrected chi connectivity index (χ4v) is 3.21. The van der Waals surface area contributed by atoms with E-state index < -0.39 is 16.7 Å². The summed E-state index contributed by atoms with van der Waals surface area (Å²) in [5.41, 5.74) is 0.781. The lowest BCUT2D eigenvalue weighted by Crippen LogP contribution is -2.22. The molecular weight excluding hydrogens is 393 g/mol. The van der Waals surface area contributed by atoms with Crippen LogP contribution in [0.5, 0.6) is 0 Å². The molecule has 0 atom stereocenters. The maximum atomic E-state index is 12.7. The smallest absolute Gasteiger partial charge is 0.401 e. The number of hydrazone groups is 1. The van der Waals surface area contributed by atoms with Crippen LogP contribution in [0, 0.1) is 10.1 Å². The van der Waals surface area contributed by atoms with Crippen LogP contribution in [0.15, 0.2) is 39.4 Å². The van der Waals surface area contributed by atoms with Crippen molar-refractivity contribution in [1.29, 1.82) is 0 Å². The van der Waals surface area contributed by atoms with Gasteiger partial charge in [-0.15, -0.1) is 0 Å². The minimum absolute atomic E-state index is 0.153. The second-order valence-electron chi connectivity index (χ2n) is 5.01. The van der Waals surface area contributed by atoms with Crippen LogP contribution in [-0.2, 0) is 4.79 Å². The minimum atomic E-state index is -0.668. The largest absolute Gasteiger partial charge is 0.433 e. The van der Waals surface area contributed by atoms with Gasteiger partial charge in [-0.1, -0.05) is 34.8 Å². The van der Waals surface area contributed by atoms with E-state index in [4.69, 9.17) is 39.2 Å². The number of rotatable bonds is 3. The molecule has 2 heterocycles. The number of nitro groups is 1. The van der Waals surface area contributed by atoms with Gasteiger partial charge in [0.15, 0.2) is 0 Å². The van der Waals surface area contributed by atoms with Crippen LogP contribution in [0.1, 0.15) is 12.7 Å². The number of carbonyl (C=O) groups excluding carboxylic acids is 1. The predicted octanol–water partition coefficient (Wildman–Crippen LogP) is 4.95. The number of anilines is 1. The third kappa shape index (κ3) is 3.26. The summed E-state index contributed by atoms with van der Waals surface area (Å²) >= 11 is 18.1. The van der Waals surface area contributed by atoms with Gasteiger partial charge in [0.2, 0.25) is 0 Å². The van der Waals surface area contributed by atoms with Gasteiger partial charge in [-0.25, -0.2) is 0 Å². The van der Waals surface area contributed by atoms with E-state index in [1.165, 1.54) is 30.3 Å². The van der Waals surface area contributed by atoms with Crippen LogP contribution in [0.4, 0.5) is 11.6 Å². The zero-order chi connectivity index (χ0) is 18.3. The molecule has 10 heteroatoms. The van der Waals surface area contributed by atoms with E-state index in [0.717, 1.165) is 5.01 Å². The van der Waals surface area contributed by atoms with Gasteiger partial charge < -0.3 is 4.42 Å². The van der Waals surface area contributed by atoms with E-state index in [9.17, 15) is 14.9 Å². The molecule has 1 aliphatic heterocycles. The fourth-order valence-electron chi connectivity index (χ4n) is 2.23. The molecule has 1 amide bonds. The van der Waals surface area contributed by atoms with Crippen molar-refractivity contribution in [1.82, 2.24) is 0 Å². The number of amides is 1. The molecule has 2 aromatic rings. The van der Waals surface area contributed by atoms with E-state index in [-0.39, 0.29) is 27.1 Å². The molecule has 7 nitrogen and oxygen atoms in total.